The minimum atomic E-state index is -1.49. The lowest BCUT2D eigenvalue weighted by Gasteiger charge is -2.44. The molecule has 1 heterocycles. The van der Waals surface area contributed by atoms with Crippen molar-refractivity contribution >= 4 is 11.9 Å². The Kier molecular flexibility index (Phi) is 2.83. The predicted molar refractivity (Wildman–Crippen MR) is 85.2 cm³/mol. The molecule has 4 bridgehead atoms. The summed E-state index contributed by atoms with van der Waals surface area (Å²) in [6.07, 6.45) is 3.02. The maximum absolute atomic E-state index is 12.8. The van der Waals surface area contributed by atoms with Gasteiger partial charge in [-0.2, -0.15) is 0 Å². The summed E-state index contributed by atoms with van der Waals surface area (Å²) < 4.78 is 5.94. The second-order valence-electron chi connectivity index (χ2n) is 8.99. The summed E-state index contributed by atoms with van der Waals surface area (Å²) >= 11 is 0. The number of rotatable bonds is 2. The molecule has 6 nitrogen and oxygen atoms in total. The number of ether oxygens (including phenoxy) is 1. The number of esters is 1. The first-order valence-electron chi connectivity index (χ1n) is 9.26. The van der Waals surface area contributed by atoms with Crippen molar-refractivity contribution in [3.05, 3.63) is 12.2 Å². The minimum absolute atomic E-state index is 0.0218. The van der Waals surface area contributed by atoms with Crippen molar-refractivity contribution in [3.8, 4) is 0 Å². The highest BCUT2D eigenvalue weighted by Crippen LogP contribution is 2.77. The number of carboxylic acids is 1. The second kappa shape index (κ2) is 4.46. The van der Waals surface area contributed by atoms with Crippen molar-refractivity contribution in [2.75, 3.05) is 6.61 Å². The second-order valence-corrected chi connectivity index (χ2v) is 8.99. The SMILES string of the molecule is C=C1C[C@]23C[C@H]1CC[C@H]2[C@@]12CC[C@H](O)[C@](CO)(C(=O)O1)[C@H]2[C@@H]3C(=O)O. The van der Waals surface area contributed by atoms with E-state index < -0.39 is 52.9 Å². The van der Waals surface area contributed by atoms with Gasteiger partial charge in [-0.15, -0.1) is 0 Å². The Bertz CT molecular complexity index is 702. The fourth-order valence-corrected chi connectivity index (χ4v) is 7.75. The van der Waals surface area contributed by atoms with Crippen molar-refractivity contribution in [3.63, 3.8) is 0 Å². The predicted octanol–water partition coefficient (Wildman–Crippen LogP) is 1.11. The number of allylic oxidation sites excluding steroid dienone is 1. The number of carboxylic acid groups (broad SMARTS) is 1. The molecule has 0 aromatic carbocycles. The zero-order chi connectivity index (χ0) is 17.8. The van der Waals surface area contributed by atoms with Crippen LogP contribution in [0.1, 0.15) is 38.5 Å². The zero-order valence-electron chi connectivity index (χ0n) is 14.1. The lowest BCUT2D eigenvalue weighted by atomic mass is 9.58. The summed E-state index contributed by atoms with van der Waals surface area (Å²) in [6, 6.07) is 0. The van der Waals surface area contributed by atoms with Crippen molar-refractivity contribution in [1.29, 1.82) is 0 Å². The number of hydrogen-bond acceptors (Lipinski definition) is 5. The lowest BCUT2D eigenvalue weighted by molar-refractivity contribution is -0.166. The highest BCUT2D eigenvalue weighted by molar-refractivity contribution is 5.86. The maximum atomic E-state index is 12.8. The van der Waals surface area contributed by atoms with Crippen molar-refractivity contribution in [2.24, 2.45) is 34.5 Å². The highest BCUT2D eigenvalue weighted by Gasteiger charge is 2.84. The van der Waals surface area contributed by atoms with Crippen LogP contribution in [0.2, 0.25) is 0 Å². The molecular weight excluding hydrogens is 324 g/mol. The van der Waals surface area contributed by atoms with E-state index >= 15 is 0 Å². The van der Waals surface area contributed by atoms with Gasteiger partial charge < -0.3 is 20.1 Å². The van der Waals surface area contributed by atoms with Gasteiger partial charge >= 0.3 is 11.9 Å². The van der Waals surface area contributed by atoms with E-state index in [2.05, 4.69) is 6.58 Å². The van der Waals surface area contributed by atoms with Gasteiger partial charge in [-0.1, -0.05) is 12.2 Å². The fourth-order valence-electron chi connectivity index (χ4n) is 7.75. The van der Waals surface area contributed by atoms with Crippen LogP contribution in [0.5, 0.6) is 0 Å². The smallest absolute Gasteiger partial charge is 0.318 e. The summed E-state index contributed by atoms with van der Waals surface area (Å²) in [5.41, 5.74) is -1.68. The Labute approximate surface area is 145 Å². The third-order valence-electron chi connectivity index (χ3n) is 8.48. The molecule has 1 saturated heterocycles. The van der Waals surface area contributed by atoms with Crippen LogP contribution in [0.25, 0.3) is 0 Å². The van der Waals surface area contributed by atoms with E-state index in [0.29, 0.717) is 25.2 Å². The average molecular weight is 348 g/mol. The van der Waals surface area contributed by atoms with E-state index in [1.165, 1.54) is 0 Å². The van der Waals surface area contributed by atoms with Crippen LogP contribution >= 0.6 is 0 Å². The molecule has 6 heteroatoms. The molecule has 4 aliphatic carbocycles. The molecule has 0 radical (unpaired) electrons. The molecule has 3 N–H and O–H groups in total. The summed E-state index contributed by atoms with van der Waals surface area (Å²) in [7, 11) is 0. The quantitative estimate of drug-likeness (QED) is 0.510. The van der Waals surface area contributed by atoms with Crippen molar-refractivity contribution in [1.82, 2.24) is 0 Å². The van der Waals surface area contributed by atoms with Gasteiger partial charge in [0.25, 0.3) is 0 Å². The molecule has 0 unspecified atom stereocenters. The molecule has 0 amide bonds. The van der Waals surface area contributed by atoms with Crippen LogP contribution in [0, 0.1) is 34.5 Å². The number of fused-ring (bicyclic) bond motifs is 1. The molecule has 5 rings (SSSR count). The lowest BCUT2D eigenvalue weighted by Crippen LogP contribution is -2.56. The third kappa shape index (κ3) is 1.44. The monoisotopic (exact) mass is 348 g/mol. The van der Waals surface area contributed by atoms with Crippen LogP contribution in [0.3, 0.4) is 0 Å². The van der Waals surface area contributed by atoms with E-state index in [4.69, 9.17) is 4.74 Å². The highest BCUT2D eigenvalue weighted by atomic mass is 16.6. The van der Waals surface area contributed by atoms with Gasteiger partial charge in [-0.25, -0.2) is 0 Å². The first-order chi connectivity index (χ1) is 11.8. The standard InChI is InChI=1S/C19H24O6/c1-9-6-17-7-10(9)2-3-11(17)19-5-4-12(21)18(8-20,16(24)25-19)14(19)13(17)15(22)23/h10-14,20-21H,1-8H2,(H,22,23)/t10-,11-,12+,13-,14-,17+,18+,19-/m1/s1. The Morgan fingerprint density at radius 2 is 2.08 bits per heavy atom. The summed E-state index contributed by atoms with van der Waals surface area (Å²) in [4.78, 5) is 25.2. The van der Waals surface area contributed by atoms with E-state index in [-0.39, 0.29) is 5.92 Å². The van der Waals surface area contributed by atoms with Gasteiger partial charge in [0.15, 0.2) is 0 Å². The summed E-state index contributed by atoms with van der Waals surface area (Å²) in [5, 5.41) is 30.9. The Morgan fingerprint density at radius 1 is 1.32 bits per heavy atom. The minimum Gasteiger partial charge on any atom is -0.481 e. The summed E-state index contributed by atoms with van der Waals surface area (Å²) in [6.45, 7) is 3.63. The van der Waals surface area contributed by atoms with Crippen molar-refractivity contribution in [2.45, 2.75) is 50.2 Å². The van der Waals surface area contributed by atoms with E-state index in [1.807, 2.05) is 0 Å². The van der Waals surface area contributed by atoms with Gasteiger partial charge in [0.1, 0.15) is 11.0 Å². The zero-order valence-corrected chi connectivity index (χ0v) is 14.1. The maximum Gasteiger partial charge on any atom is 0.318 e. The van der Waals surface area contributed by atoms with E-state index in [0.717, 1.165) is 24.8 Å². The molecule has 8 atom stereocenters. The Balaban J connectivity index is 1.76. The number of aliphatic hydroxyl groups excluding tert-OH is 2. The van der Waals surface area contributed by atoms with Crippen LogP contribution in [0.15, 0.2) is 12.2 Å². The molecule has 4 saturated carbocycles. The number of aliphatic hydroxyl groups is 2. The van der Waals surface area contributed by atoms with Crippen LogP contribution in [-0.2, 0) is 14.3 Å². The first-order valence-corrected chi connectivity index (χ1v) is 9.26. The Morgan fingerprint density at radius 3 is 2.76 bits per heavy atom. The van der Waals surface area contributed by atoms with Gasteiger partial charge in [0, 0.05) is 11.8 Å². The van der Waals surface area contributed by atoms with Gasteiger partial charge in [0.2, 0.25) is 0 Å². The van der Waals surface area contributed by atoms with Crippen LogP contribution < -0.4 is 0 Å². The Hall–Kier alpha value is -1.40. The van der Waals surface area contributed by atoms with E-state index in [1.54, 1.807) is 0 Å². The normalized spacial score (nSPS) is 55.7. The molecule has 1 aliphatic heterocycles. The molecule has 136 valence electrons. The molecule has 25 heavy (non-hydrogen) atoms. The summed E-state index contributed by atoms with van der Waals surface area (Å²) in [5.74, 6) is -2.66. The third-order valence-corrected chi connectivity index (χ3v) is 8.48. The molecule has 1 spiro atoms. The van der Waals surface area contributed by atoms with Gasteiger partial charge in [-0.05, 0) is 49.9 Å². The number of hydrogen-bond donors (Lipinski definition) is 3. The first kappa shape index (κ1) is 15.8. The molecule has 5 aliphatic rings. The topological polar surface area (TPSA) is 104 Å². The van der Waals surface area contributed by atoms with E-state index in [9.17, 15) is 24.9 Å². The number of carbonyl (C=O) groups is 2. The van der Waals surface area contributed by atoms with Crippen LogP contribution in [-0.4, -0.2) is 45.6 Å². The number of aliphatic carboxylic acids is 1. The largest absolute Gasteiger partial charge is 0.481 e. The van der Waals surface area contributed by atoms with Gasteiger partial charge in [-0.3, -0.25) is 9.59 Å². The molecule has 0 aromatic heterocycles. The van der Waals surface area contributed by atoms with Crippen molar-refractivity contribution < 1.29 is 29.6 Å². The molecule has 0 aromatic rings. The average Bonchev–Trinajstić information content (AvgIpc) is 3.03. The molecular formula is C19H24O6. The fraction of sp³-hybridized carbons (Fsp3) is 0.789. The van der Waals surface area contributed by atoms with Crippen LogP contribution in [0.4, 0.5) is 0 Å². The number of carbonyl (C=O) groups excluding carboxylic acids is 1. The molecule has 5 fully saturated rings. The van der Waals surface area contributed by atoms with Gasteiger partial charge in [0.05, 0.1) is 18.6 Å².